The van der Waals surface area contributed by atoms with Gasteiger partial charge in [0.1, 0.15) is 11.5 Å². The van der Waals surface area contributed by atoms with Crippen molar-refractivity contribution in [1.82, 2.24) is 0 Å². The highest BCUT2D eigenvalue weighted by Crippen LogP contribution is 2.33. The summed E-state index contributed by atoms with van der Waals surface area (Å²) in [7, 11) is 1.51. The molecule has 0 aliphatic heterocycles. The van der Waals surface area contributed by atoms with E-state index in [1.54, 1.807) is 36.4 Å². The number of benzene rings is 2. The molecule has 1 atom stereocenters. The summed E-state index contributed by atoms with van der Waals surface area (Å²) in [4.78, 5) is 23.5. The molecule has 0 aliphatic carbocycles. The van der Waals surface area contributed by atoms with Crippen LogP contribution in [0.25, 0.3) is 0 Å². The molecule has 2 rings (SSSR count). The molecule has 0 amide bonds. The van der Waals surface area contributed by atoms with Gasteiger partial charge in [0.2, 0.25) is 6.10 Å². The summed E-state index contributed by atoms with van der Waals surface area (Å²) in [5, 5.41) is 19.2. The van der Waals surface area contributed by atoms with E-state index in [-0.39, 0.29) is 5.56 Å². The highest BCUT2D eigenvalue weighted by molar-refractivity contribution is 5.88. The topological polar surface area (TPSA) is 93.1 Å². The third-order valence-electron chi connectivity index (χ3n) is 4.38. The Bertz CT molecular complexity index is 816. The number of aryl methyl sites for hydroxylation is 2. The summed E-state index contributed by atoms with van der Waals surface area (Å²) < 4.78 is 11.2. The second-order valence-electron chi connectivity index (χ2n) is 6.54. The molecule has 0 aliphatic rings. The van der Waals surface area contributed by atoms with Gasteiger partial charge in [0.15, 0.2) is 0 Å². The maximum absolute atomic E-state index is 12.0. The van der Waals surface area contributed by atoms with Gasteiger partial charge < -0.3 is 19.7 Å². The Labute approximate surface area is 164 Å². The van der Waals surface area contributed by atoms with Crippen molar-refractivity contribution >= 4 is 11.9 Å². The molecule has 6 heteroatoms. The first-order chi connectivity index (χ1) is 13.4. The number of aromatic carboxylic acids is 1. The number of methoxy groups -OCH3 is 1. The van der Waals surface area contributed by atoms with Crippen LogP contribution in [0.3, 0.4) is 0 Å². The smallest absolute Gasteiger partial charge is 0.349 e. The van der Waals surface area contributed by atoms with Crippen molar-refractivity contribution in [2.24, 2.45) is 0 Å². The minimum absolute atomic E-state index is 0.188. The fraction of sp³-hybridized carbons (Fsp3) is 0.364. The van der Waals surface area contributed by atoms with Crippen molar-refractivity contribution in [3.05, 3.63) is 58.7 Å². The zero-order valence-corrected chi connectivity index (χ0v) is 16.4. The van der Waals surface area contributed by atoms with Crippen LogP contribution < -0.4 is 9.47 Å². The molecular formula is C22H26O6. The second kappa shape index (κ2) is 9.78. The molecule has 0 heterocycles. The minimum Gasteiger partial charge on any atom is -0.497 e. The Morgan fingerprint density at radius 2 is 1.61 bits per heavy atom. The maximum atomic E-state index is 12.0. The first-order valence-electron chi connectivity index (χ1n) is 9.33. The van der Waals surface area contributed by atoms with Gasteiger partial charge in [-0.05, 0) is 48.2 Å². The van der Waals surface area contributed by atoms with E-state index in [1.165, 1.54) is 7.11 Å². The monoisotopic (exact) mass is 386 g/mol. The van der Waals surface area contributed by atoms with Gasteiger partial charge in [-0.25, -0.2) is 9.59 Å². The zero-order valence-electron chi connectivity index (χ0n) is 16.4. The van der Waals surface area contributed by atoms with Crippen LogP contribution in [-0.4, -0.2) is 29.3 Å². The van der Waals surface area contributed by atoms with Crippen LogP contribution in [0.2, 0.25) is 0 Å². The summed E-state index contributed by atoms with van der Waals surface area (Å²) in [6.07, 6.45) is 1.52. The normalized spacial score (nSPS) is 11.7. The standard InChI is InChI=1S/C22H26O6/c1-4-7-14-11-17(21(23)24)12-15(8-5-2)19(14)28-20(22(25)26)16-9-6-10-18(13-16)27-3/h6,9-13,20H,4-5,7-8H2,1-3H3,(H,23,24)(H,25,26). The van der Waals surface area contributed by atoms with Crippen molar-refractivity contribution in [3.8, 4) is 11.5 Å². The molecular weight excluding hydrogens is 360 g/mol. The third kappa shape index (κ3) is 5.03. The largest absolute Gasteiger partial charge is 0.497 e. The molecule has 2 N–H and O–H groups in total. The first-order valence-corrected chi connectivity index (χ1v) is 9.33. The van der Waals surface area contributed by atoms with E-state index in [4.69, 9.17) is 9.47 Å². The highest BCUT2D eigenvalue weighted by atomic mass is 16.5. The predicted octanol–water partition coefficient (Wildman–Crippen LogP) is 4.50. The highest BCUT2D eigenvalue weighted by Gasteiger charge is 2.26. The lowest BCUT2D eigenvalue weighted by molar-refractivity contribution is -0.145. The molecule has 2 aromatic carbocycles. The number of carboxylic acid groups (broad SMARTS) is 2. The number of carboxylic acids is 2. The number of rotatable bonds is 10. The van der Waals surface area contributed by atoms with Crippen LogP contribution in [0.4, 0.5) is 0 Å². The molecule has 2 aromatic rings. The maximum Gasteiger partial charge on any atom is 0.349 e. The molecule has 6 nitrogen and oxygen atoms in total. The van der Waals surface area contributed by atoms with Gasteiger partial charge in [-0.1, -0.05) is 38.8 Å². The predicted molar refractivity (Wildman–Crippen MR) is 105 cm³/mol. The molecule has 0 saturated heterocycles. The van der Waals surface area contributed by atoms with Crippen LogP contribution in [0.5, 0.6) is 11.5 Å². The molecule has 1 unspecified atom stereocenters. The fourth-order valence-electron chi connectivity index (χ4n) is 3.12. The summed E-state index contributed by atoms with van der Waals surface area (Å²) in [6, 6.07) is 9.89. The lowest BCUT2D eigenvalue weighted by atomic mass is 9.97. The molecule has 150 valence electrons. The van der Waals surface area contributed by atoms with Crippen LogP contribution in [0.15, 0.2) is 36.4 Å². The van der Waals surface area contributed by atoms with E-state index in [2.05, 4.69) is 0 Å². The summed E-state index contributed by atoms with van der Waals surface area (Å²) in [6.45, 7) is 3.96. The lowest BCUT2D eigenvalue weighted by Crippen LogP contribution is -2.20. The van der Waals surface area contributed by atoms with Gasteiger partial charge in [-0.15, -0.1) is 0 Å². The molecule has 28 heavy (non-hydrogen) atoms. The van der Waals surface area contributed by atoms with Crippen molar-refractivity contribution in [1.29, 1.82) is 0 Å². The Hall–Kier alpha value is -3.02. The number of ether oxygens (including phenoxy) is 2. The van der Waals surface area contributed by atoms with Crippen LogP contribution in [0, 0.1) is 0 Å². The van der Waals surface area contributed by atoms with Crippen molar-refractivity contribution in [2.45, 2.75) is 45.6 Å². The van der Waals surface area contributed by atoms with E-state index < -0.39 is 18.0 Å². The summed E-state index contributed by atoms with van der Waals surface area (Å²) in [5.74, 6) is -1.13. The van der Waals surface area contributed by atoms with E-state index in [1.807, 2.05) is 13.8 Å². The average Bonchev–Trinajstić information content (AvgIpc) is 2.67. The molecule has 0 spiro atoms. The van der Waals surface area contributed by atoms with Gasteiger partial charge >= 0.3 is 11.9 Å². The molecule has 0 saturated carbocycles. The minimum atomic E-state index is -1.23. The van der Waals surface area contributed by atoms with Gasteiger partial charge in [-0.3, -0.25) is 0 Å². The zero-order chi connectivity index (χ0) is 20.7. The summed E-state index contributed by atoms with van der Waals surface area (Å²) in [5.41, 5.74) is 2.06. The Balaban J connectivity index is 2.55. The van der Waals surface area contributed by atoms with Crippen LogP contribution in [-0.2, 0) is 17.6 Å². The molecule has 0 radical (unpaired) electrons. The van der Waals surface area contributed by atoms with Crippen LogP contribution in [0.1, 0.15) is 59.8 Å². The van der Waals surface area contributed by atoms with E-state index >= 15 is 0 Å². The van der Waals surface area contributed by atoms with Gasteiger partial charge in [0.25, 0.3) is 0 Å². The second-order valence-corrected chi connectivity index (χ2v) is 6.54. The Morgan fingerprint density at radius 3 is 2.07 bits per heavy atom. The summed E-state index contributed by atoms with van der Waals surface area (Å²) >= 11 is 0. The number of aliphatic carboxylic acids is 1. The molecule has 0 fully saturated rings. The third-order valence-corrected chi connectivity index (χ3v) is 4.38. The molecule has 0 bridgehead atoms. The van der Waals surface area contributed by atoms with Crippen molar-refractivity contribution < 1.29 is 29.3 Å². The average molecular weight is 386 g/mol. The van der Waals surface area contributed by atoms with E-state index in [9.17, 15) is 19.8 Å². The van der Waals surface area contributed by atoms with Gasteiger partial charge in [0.05, 0.1) is 12.7 Å². The van der Waals surface area contributed by atoms with Crippen LogP contribution >= 0.6 is 0 Å². The Kier molecular flexibility index (Phi) is 7.44. The fourth-order valence-corrected chi connectivity index (χ4v) is 3.12. The van der Waals surface area contributed by atoms with Gasteiger partial charge in [0, 0.05) is 5.56 Å². The SMILES string of the molecule is CCCc1cc(C(=O)O)cc(CCC)c1OC(C(=O)O)c1cccc(OC)c1. The number of hydrogen-bond acceptors (Lipinski definition) is 4. The lowest BCUT2D eigenvalue weighted by Gasteiger charge is -2.22. The number of carbonyl (C=O) groups is 2. The first kappa shape index (κ1) is 21.3. The quantitative estimate of drug-likeness (QED) is 0.624. The number of hydrogen-bond donors (Lipinski definition) is 2. The molecule has 0 aromatic heterocycles. The van der Waals surface area contributed by atoms with Crippen molar-refractivity contribution in [2.75, 3.05) is 7.11 Å². The van der Waals surface area contributed by atoms with E-state index in [0.29, 0.717) is 41.0 Å². The Morgan fingerprint density at radius 1 is 1.00 bits per heavy atom. The van der Waals surface area contributed by atoms with Crippen molar-refractivity contribution in [3.63, 3.8) is 0 Å². The van der Waals surface area contributed by atoms with E-state index in [0.717, 1.165) is 12.8 Å². The van der Waals surface area contributed by atoms with Gasteiger partial charge in [-0.2, -0.15) is 0 Å².